The second-order valence-corrected chi connectivity index (χ2v) is 7.38. The first kappa shape index (κ1) is 19.8. The van der Waals surface area contributed by atoms with Crippen molar-refractivity contribution in [1.29, 1.82) is 0 Å². The normalized spacial score (nSPS) is 11.9. The maximum atomic E-state index is 12.5. The zero-order chi connectivity index (χ0) is 19.5. The van der Waals surface area contributed by atoms with Gasteiger partial charge in [-0.15, -0.1) is 0 Å². The smallest absolute Gasteiger partial charge is 0.343 e. The molecule has 0 radical (unpaired) electrons. The van der Waals surface area contributed by atoms with Crippen molar-refractivity contribution in [1.82, 2.24) is 5.32 Å². The molecule has 26 heavy (non-hydrogen) atoms. The number of sulfonamides is 1. The number of benzene rings is 2. The van der Waals surface area contributed by atoms with E-state index in [1.165, 1.54) is 12.1 Å². The molecule has 0 fully saturated rings. The fourth-order valence-electron chi connectivity index (χ4n) is 2.24. The van der Waals surface area contributed by atoms with Gasteiger partial charge in [-0.25, -0.2) is 8.42 Å². The van der Waals surface area contributed by atoms with Crippen molar-refractivity contribution < 1.29 is 26.4 Å². The monoisotopic (exact) mass is 386 g/mol. The molecule has 140 valence electrons. The van der Waals surface area contributed by atoms with Crippen LogP contribution in [0.3, 0.4) is 0 Å². The van der Waals surface area contributed by atoms with Gasteiger partial charge in [0.25, 0.3) is 15.9 Å². The van der Waals surface area contributed by atoms with Crippen LogP contribution in [-0.4, -0.2) is 27.0 Å². The number of hydrogen-bond acceptors (Lipinski definition) is 3. The largest absolute Gasteiger partial charge is 0.405 e. The van der Waals surface area contributed by atoms with E-state index in [0.717, 1.165) is 23.3 Å². The number of halogens is 3. The summed E-state index contributed by atoms with van der Waals surface area (Å²) in [6, 6.07) is 9.97. The summed E-state index contributed by atoms with van der Waals surface area (Å²) < 4.78 is 63.8. The number of hydrogen-bond donors (Lipinski definition) is 2. The van der Waals surface area contributed by atoms with Crippen molar-refractivity contribution in [3.8, 4) is 0 Å². The number of rotatable bonds is 5. The van der Waals surface area contributed by atoms with Gasteiger partial charge >= 0.3 is 6.18 Å². The molecule has 2 N–H and O–H groups in total. The molecule has 0 unspecified atom stereocenters. The van der Waals surface area contributed by atoms with Gasteiger partial charge in [-0.2, -0.15) is 13.2 Å². The number of nitrogens with one attached hydrogen (secondary N) is 2. The Morgan fingerprint density at radius 3 is 2.04 bits per heavy atom. The summed E-state index contributed by atoms with van der Waals surface area (Å²) in [6.07, 6.45) is -4.52. The zero-order valence-electron chi connectivity index (χ0n) is 14.0. The van der Waals surface area contributed by atoms with Gasteiger partial charge < -0.3 is 5.32 Å². The molecule has 0 aliphatic heterocycles. The zero-order valence-corrected chi connectivity index (χ0v) is 14.8. The lowest BCUT2D eigenvalue weighted by molar-refractivity contribution is -0.123. The van der Waals surface area contributed by atoms with Crippen LogP contribution in [0.2, 0.25) is 0 Å². The van der Waals surface area contributed by atoms with Gasteiger partial charge in [-0.05, 0) is 49.2 Å². The van der Waals surface area contributed by atoms with Crippen molar-refractivity contribution >= 4 is 21.6 Å². The maximum Gasteiger partial charge on any atom is 0.405 e. The van der Waals surface area contributed by atoms with Gasteiger partial charge in [0.2, 0.25) is 0 Å². The van der Waals surface area contributed by atoms with Crippen LogP contribution in [0.25, 0.3) is 0 Å². The molecule has 0 spiro atoms. The Balaban J connectivity index is 2.17. The van der Waals surface area contributed by atoms with E-state index in [0.29, 0.717) is 5.69 Å². The van der Waals surface area contributed by atoms with E-state index >= 15 is 0 Å². The molecule has 2 rings (SSSR count). The number of para-hydroxylation sites is 1. The lowest BCUT2D eigenvalue weighted by Crippen LogP contribution is -2.33. The van der Waals surface area contributed by atoms with Gasteiger partial charge in [0.05, 0.1) is 10.6 Å². The Kier molecular flexibility index (Phi) is 5.60. The highest BCUT2D eigenvalue weighted by Gasteiger charge is 2.28. The van der Waals surface area contributed by atoms with Gasteiger partial charge in [0.15, 0.2) is 0 Å². The number of alkyl halides is 3. The lowest BCUT2D eigenvalue weighted by atomic mass is 10.1. The number of carbonyl (C=O) groups is 1. The highest BCUT2D eigenvalue weighted by atomic mass is 32.2. The van der Waals surface area contributed by atoms with Crippen LogP contribution in [0, 0.1) is 13.8 Å². The minimum Gasteiger partial charge on any atom is -0.343 e. The van der Waals surface area contributed by atoms with E-state index in [9.17, 15) is 26.4 Å². The summed E-state index contributed by atoms with van der Waals surface area (Å²) in [6.45, 7) is 2.07. The molecule has 0 atom stereocenters. The first-order chi connectivity index (χ1) is 12.0. The van der Waals surface area contributed by atoms with E-state index in [4.69, 9.17) is 0 Å². The minimum absolute atomic E-state index is 0.0692. The molecule has 0 aliphatic rings. The van der Waals surface area contributed by atoms with Crippen LogP contribution in [0.5, 0.6) is 0 Å². The van der Waals surface area contributed by atoms with Crippen molar-refractivity contribution in [3.05, 3.63) is 59.2 Å². The van der Waals surface area contributed by atoms with Crippen molar-refractivity contribution in [2.45, 2.75) is 24.9 Å². The van der Waals surface area contributed by atoms with Gasteiger partial charge in [-0.1, -0.05) is 18.2 Å². The summed E-state index contributed by atoms with van der Waals surface area (Å²) in [5.74, 6) is -0.936. The molecule has 2 aromatic rings. The fraction of sp³-hybridized carbons (Fsp3) is 0.235. The van der Waals surface area contributed by atoms with Crippen LogP contribution < -0.4 is 10.0 Å². The summed E-state index contributed by atoms with van der Waals surface area (Å²) >= 11 is 0. The van der Waals surface area contributed by atoms with Crippen molar-refractivity contribution in [2.24, 2.45) is 0 Å². The standard InChI is InChI=1S/C17H17F3N2O3S/c1-11-4-3-5-12(2)15(11)22-26(24,25)14-8-6-13(7-9-14)16(23)21-10-17(18,19)20/h3-9,22H,10H2,1-2H3,(H,21,23). The highest BCUT2D eigenvalue weighted by Crippen LogP contribution is 2.23. The maximum absolute atomic E-state index is 12.5. The minimum atomic E-state index is -4.52. The Hall–Kier alpha value is -2.55. The fourth-order valence-corrected chi connectivity index (χ4v) is 3.44. The topological polar surface area (TPSA) is 75.3 Å². The SMILES string of the molecule is Cc1cccc(C)c1NS(=O)(=O)c1ccc(C(=O)NCC(F)(F)F)cc1. The molecule has 2 aromatic carbocycles. The average molecular weight is 386 g/mol. The molecule has 0 bridgehead atoms. The lowest BCUT2D eigenvalue weighted by Gasteiger charge is -2.13. The summed E-state index contributed by atoms with van der Waals surface area (Å²) in [7, 11) is -3.90. The Labute approximate surface area is 149 Å². The van der Waals surface area contributed by atoms with E-state index in [1.807, 2.05) is 0 Å². The van der Waals surface area contributed by atoms with Crippen LogP contribution in [0.1, 0.15) is 21.5 Å². The molecule has 0 saturated carbocycles. The van der Waals surface area contributed by atoms with E-state index in [-0.39, 0.29) is 10.5 Å². The van der Waals surface area contributed by atoms with Crippen molar-refractivity contribution in [2.75, 3.05) is 11.3 Å². The second-order valence-electron chi connectivity index (χ2n) is 5.69. The third-order valence-electron chi connectivity index (χ3n) is 3.59. The predicted molar refractivity (Wildman–Crippen MR) is 91.6 cm³/mol. The summed E-state index contributed by atoms with van der Waals surface area (Å²) in [5, 5.41) is 1.72. The molecule has 9 heteroatoms. The van der Waals surface area contributed by atoms with E-state index in [1.54, 1.807) is 37.4 Å². The van der Waals surface area contributed by atoms with Crippen LogP contribution >= 0.6 is 0 Å². The molecular formula is C17H17F3N2O3S. The summed E-state index contributed by atoms with van der Waals surface area (Å²) in [5.41, 5.74) is 1.88. The molecule has 1 amide bonds. The quantitative estimate of drug-likeness (QED) is 0.827. The van der Waals surface area contributed by atoms with E-state index < -0.39 is 28.7 Å². The number of aryl methyl sites for hydroxylation is 2. The predicted octanol–water partition coefficient (Wildman–Crippen LogP) is 3.40. The summed E-state index contributed by atoms with van der Waals surface area (Å²) in [4.78, 5) is 11.6. The van der Waals surface area contributed by atoms with Crippen LogP contribution in [-0.2, 0) is 10.0 Å². The molecule has 0 aliphatic carbocycles. The van der Waals surface area contributed by atoms with Gasteiger partial charge in [0.1, 0.15) is 6.54 Å². The number of carbonyl (C=O) groups excluding carboxylic acids is 1. The number of amides is 1. The van der Waals surface area contributed by atoms with Gasteiger partial charge in [0, 0.05) is 5.56 Å². The Morgan fingerprint density at radius 2 is 1.54 bits per heavy atom. The third-order valence-corrected chi connectivity index (χ3v) is 4.96. The Morgan fingerprint density at radius 1 is 1.00 bits per heavy atom. The first-order valence-electron chi connectivity index (χ1n) is 7.54. The molecule has 0 saturated heterocycles. The Bertz CT molecular complexity index is 888. The molecule has 5 nitrogen and oxygen atoms in total. The average Bonchev–Trinajstić information content (AvgIpc) is 2.55. The third kappa shape index (κ3) is 4.98. The molecular weight excluding hydrogens is 369 g/mol. The first-order valence-corrected chi connectivity index (χ1v) is 9.02. The van der Waals surface area contributed by atoms with Gasteiger partial charge in [-0.3, -0.25) is 9.52 Å². The second kappa shape index (κ2) is 7.36. The van der Waals surface area contributed by atoms with Crippen LogP contribution in [0.15, 0.2) is 47.4 Å². The molecule has 0 heterocycles. The number of anilines is 1. The van der Waals surface area contributed by atoms with Crippen molar-refractivity contribution in [3.63, 3.8) is 0 Å². The van der Waals surface area contributed by atoms with E-state index in [2.05, 4.69) is 4.72 Å². The molecule has 0 aromatic heterocycles. The van der Waals surface area contributed by atoms with Crippen LogP contribution in [0.4, 0.5) is 18.9 Å². The highest BCUT2D eigenvalue weighted by molar-refractivity contribution is 7.92.